The van der Waals surface area contributed by atoms with Crippen molar-refractivity contribution in [2.75, 3.05) is 31.5 Å². The number of nitrogens with one attached hydrogen (secondary N) is 4. The van der Waals surface area contributed by atoms with Crippen LogP contribution in [-0.4, -0.2) is 86.3 Å². The lowest BCUT2D eigenvalue weighted by Gasteiger charge is -2.23. The number of nitrogens with zero attached hydrogens (tertiary/aromatic N) is 5. The third-order valence-electron chi connectivity index (χ3n) is 9.76. The molecule has 2 aliphatic heterocycles. The third kappa shape index (κ3) is 6.10. The molecule has 5 atom stereocenters. The Morgan fingerprint density at radius 2 is 1.83 bits per heavy atom. The molecule has 12 nitrogen and oxygen atoms in total. The summed E-state index contributed by atoms with van der Waals surface area (Å²) in [5.74, 6) is -4.77. The molecular formula is C31H34F5N9O3. The number of fused-ring (bicyclic) bond motifs is 1. The number of piperidine rings is 1. The summed E-state index contributed by atoms with van der Waals surface area (Å²) < 4.78 is 70.3. The highest BCUT2D eigenvalue weighted by atomic mass is 19.4. The van der Waals surface area contributed by atoms with Gasteiger partial charge >= 0.3 is 12.2 Å². The molecule has 0 bridgehead atoms. The fourth-order valence-corrected chi connectivity index (χ4v) is 6.84. The first-order chi connectivity index (χ1) is 22.7. The molecule has 256 valence electrons. The van der Waals surface area contributed by atoms with Crippen LogP contribution in [0.3, 0.4) is 0 Å². The second kappa shape index (κ2) is 11.6. The number of carbonyl (C=O) groups is 3. The Morgan fingerprint density at radius 1 is 1.10 bits per heavy atom. The van der Waals surface area contributed by atoms with Gasteiger partial charge in [-0.1, -0.05) is 0 Å². The molecule has 0 radical (unpaired) electrons. The van der Waals surface area contributed by atoms with Crippen LogP contribution >= 0.6 is 0 Å². The Kier molecular flexibility index (Phi) is 7.71. The van der Waals surface area contributed by atoms with Crippen molar-refractivity contribution in [1.29, 1.82) is 0 Å². The van der Waals surface area contributed by atoms with Crippen molar-refractivity contribution >= 4 is 23.5 Å². The molecule has 1 aromatic carbocycles. The maximum Gasteiger partial charge on any atom is 0.435 e. The van der Waals surface area contributed by atoms with Crippen LogP contribution in [0.5, 0.6) is 0 Å². The minimum absolute atomic E-state index is 0.0225. The Labute approximate surface area is 271 Å². The van der Waals surface area contributed by atoms with Gasteiger partial charge in [0.1, 0.15) is 0 Å². The van der Waals surface area contributed by atoms with E-state index in [9.17, 15) is 36.3 Å². The number of alkyl halides is 5. The zero-order valence-electron chi connectivity index (χ0n) is 26.1. The molecule has 2 saturated heterocycles. The first kappa shape index (κ1) is 32.0. The summed E-state index contributed by atoms with van der Waals surface area (Å²) in [6, 6.07) is 4.77. The molecular weight excluding hydrogens is 641 g/mol. The van der Waals surface area contributed by atoms with E-state index in [-0.39, 0.29) is 59.5 Å². The highest BCUT2D eigenvalue weighted by molar-refractivity contribution is 6.03. The number of aryl methyl sites for hydroxylation is 1. The summed E-state index contributed by atoms with van der Waals surface area (Å²) in [6.07, 6.45) is -2.23. The van der Waals surface area contributed by atoms with Gasteiger partial charge in [0.15, 0.2) is 11.5 Å². The Balaban J connectivity index is 0.967. The van der Waals surface area contributed by atoms with Gasteiger partial charge in [-0.05, 0) is 43.7 Å². The third-order valence-corrected chi connectivity index (χ3v) is 9.76. The highest BCUT2D eigenvalue weighted by Gasteiger charge is 2.58. The van der Waals surface area contributed by atoms with Crippen LogP contribution in [0.25, 0.3) is 11.3 Å². The van der Waals surface area contributed by atoms with Crippen LogP contribution in [0.1, 0.15) is 45.1 Å². The molecule has 2 aliphatic carbocycles. The van der Waals surface area contributed by atoms with Crippen molar-refractivity contribution in [3.8, 4) is 11.3 Å². The predicted octanol–water partition coefficient (Wildman–Crippen LogP) is 3.25. The van der Waals surface area contributed by atoms with Crippen LogP contribution in [0, 0.1) is 24.7 Å². The summed E-state index contributed by atoms with van der Waals surface area (Å²) in [5, 5.41) is 15.5. The Bertz CT molecular complexity index is 1770. The van der Waals surface area contributed by atoms with E-state index in [0.717, 1.165) is 36.6 Å². The molecule has 7 rings (SSSR count). The van der Waals surface area contributed by atoms with Crippen molar-refractivity contribution in [2.45, 2.75) is 50.5 Å². The fraction of sp³-hybridized carbons (Fsp3) is 0.516. The number of aromatic nitrogens is 4. The maximum absolute atomic E-state index is 13.8. The Morgan fingerprint density at radius 3 is 2.46 bits per heavy atom. The fourth-order valence-electron chi connectivity index (χ4n) is 6.84. The van der Waals surface area contributed by atoms with Gasteiger partial charge in [-0.3, -0.25) is 14.3 Å². The molecule has 4 heterocycles. The second-order valence-corrected chi connectivity index (χ2v) is 13.2. The number of likely N-dealkylation sites (tertiary alicyclic amines) is 1. The molecule has 4 aliphatic rings. The monoisotopic (exact) mass is 675 g/mol. The Hall–Kier alpha value is -4.54. The maximum atomic E-state index is 13.8. The lowest BCUT2D eigenvalue weighted by atomic mass is 10.1. The average molecular weight is 676 g/mol. The van der Waals surface area contributed by atoms with Gasteiger partial charge in [0.05, 0.1) is 17.5 Å². The van der Waals surface area contributed by atoms with Crippen molar-refractivity contribution in [1.82, 2.24) is 40.2 Å². The number of hydrogen-bond acceptors (Lipinski definition) is 6. The van der Waals surface area contributed by atoms with Crippen molar-refractivity contribution in [3.63, 3.8) is 0 Å². The molecule has 0 spiro atoms. The summed E-state index contributed by atoms with van der Waals surface area (Å²) in [5.41, 5.74) is -0.364. The SMILES string of the molecule is Cc1cc(NC(=O)c2ncc(-c3cn(CC4CC4(F)F)nc3C(F)(F)F)n2C)ccc1C(=O)NC1[C@H]2CN(C(=O)N[C@H]3CCNC3)C[C@@H]12. The van der Waals surface area contributed by atoms with Gasteiger partial charge < -0.3 is 30.7 Å². The van der Waals surface area contributed by atoms with E-state index in [1.165, 1.54) is 11.6 Å². The molecule has 4 N–H and O–H groups in total. The number of anilines is 1. The minimum atomic E-state index is -4.87. The van der Waals surface area contributed by atoms with Gasteiger partial charge in [0.25, 0.3) is 17.7 Å². The van der Waals surface area contributed by atoms with Gasteiger partial charge in [0.2, 0.25) is 0 Å². The van der Waals surface area contributed by atoms with E-state index in [1.54, 1.807) is 30.0 Å². The van der Waals surface area contributed by atoms with Gasteiger partial charge in [-0.25, -0.2) is 18.6 Å². The van der Waals surface area contributed by atoms with E-state index in [4.69, 9.17) is 0 Å². The lowest BCUT2D eigenvalue weighted by Crippen LogP contribution is -2.46. The number of hydrogen-bond donors (Lipinski definition) is 4. The number of rotatable bonds is 8. The minimum Gasteiger partial charge on any atom is -0.349 e. The number of carbonyl (C=O) groups excluding carboxylic acids is 3. The molecule has 17 heteroatoms. The van der Waals surface area contributed by atoms with Crippen LogP contribution in [0.15, 0.2) is 30.6 Å². The second-order valence-electron chi connectivity index (χ2n) is 13.2. The molecule has 4 fully saturated rings. The standard InChI is InChI=1S/C31H34F5N9O3/c1-15-7-17(3-4-19(15)27(46)41-24-20-12-44(13-21(20)24)29(48)40-18-5-6-37-9-18)39-28(47)26-38-10-23(43(26)2)22-14-45(11-16-8-30(16,32)33)42-25(22)31(34,35)36/h3-4,7,10,14,16,18,20-21,24,37H,5-6,8-9,11-13H2,1-2H3,(H,39,47)(H,40,48)(H,41,46)/t16?,18-,20-,21+,24?/m0/s1. The van der Waals surface area contributed by atoms with Gasteiger partial charge in [-0.15, -0.1) is 0 Å². The summed E-state index contributed by atoms with van der Waals surface area (Å²) in [4.78, 5) is 44.6. The first-order valence-electron chi connectivity index (χ1n) is 15.7. The zero-order valence-corrected chi connectivity index (χ0v) is 26.1. The van der Waals surface area contributed by atoms with Gasteiger partial charge in [-0.2, -0.15) is 18.3 Å². The number of amides is 4. The number of benzene rings is 1. The quantitative estimate of drug-likeness (QED) is 0.271. The summed E-state index contributed by atoms with van der Waals surface area (Å²) in [6.45, 7) is 4.17. The predicted molar refractivity (Wildman–Crippen MR) is 161 cm³/mol. The van der Waals surface area contributed by atoms with Crippen molar-refractivity contribution < 1.29 is 36.3 Å². The van der Waals surface area contributed by atoms with E-state index in [1.807, 2.05) is 0 Å². The largest absolute Gasteiger partial charge is 0.435 e. The van der Waals surface area contributed by atoms with Gasteiger partial charge in [0, 0.05) is 86.9 Å². The normalized spacial score (nSPS) is 25.5. The van der Waals surface area contributed by atoms with Crippen molar-refractivity contribution in [3.05, 3.63) is 53.2 Å². The van der Waals surface area contributed by atoms with E-state index in [0.29, 0.717) is 29.9 Å². The highest BCUT2D eigenvalue weighted by Crippen LogP contribution is 2.50. The van der Waals surface area contributed by atoms with E-state index < -0.39 is 36.0 Å². The molecule has 48 heavy (non-hydrogen) atoms. The van der Waals surface area contributed by atoms with E-state index in [2.05, 4.69) is 31.3 Å². The molecule has 2 aromatic heterocycles. The molecule has 2 unspecified atom stereocenters. The smallest absolute Gasteiger partial charge is 0.349 e. The molecule has 4 amide bonds. The van der Waals surface area contributed by atoms with Crippen LogP contribution in [0.4, 0.5) is 32.4 Å². The molecule has 3 aromatic rings. The summed E-state index contributed by atoms with van der Waals surface area (Å²) >= 11 is 0. The number of urea groups is 1. The topological polar surface area (TPSA) is 138 Å². The summed E-state index contributed by atoms with van der Waals surface area (Å²) in [7, 11) is 1.37. The van der Waals surface area contributed by atoms with Crippen molar-refractivity contribution in [2.24, 2.45) is 24.8 Å². The zero-order chi connectivity index (χ0) is 34.1. The van der Waals surface area contributed by atoms with Crippen LogP contribution in [0.2, 0.25) is 0 Å². The number of halogens is 5. The number of imidazole rings is 1. The van der Waals surface area contributed by atoms with Crippen LogP contribution < -0.4 is 21.3 Å². The first-order valence-corrected chi connectivity index (χ1v) is 15.7. The molecule has 2 saturated carbocycles. The van der Waals surface area contributed by atoms with E-state index >= 15 is 0 Å². The lowest BCUT2D eigenvalue weighted by molar-refractivity contribution is -0.141. The van der Waals surface area contributed by atoms with Crippen LogP contribution in [-0.2, 0) is 19.8 Å². The average Bonchev–Trinajstić information content (AvgIpc) is 3.49.